The quantitative estimate of drug-likeness (QED) is 0.294. The van der Waals surface area contributed by atoms with E-state index < -0.39 is 16.7 Å². The van der Waals surface area contributed by atoms with Crippen LogP contribution < -0.4 is 10.2 Å². The zero-order valence-corrected chi connectivity index (χ0v) is 21.7. The molecular formula is C32H32N2O4. The summed E-state index contributed by atoms with van der Waals surface area (Å²) >= 11 is 0. The van der Waals surface area contributed by atoms with Crippen LogP contribution in [-0.2, 0) is 15.0 Å². The highest BCUT2D eigenvalue weighted by Crippen LogP contribution is 2.68. The molecule has 1 saturated carbocycles. The van der Waals surface area contributed by atoms with Gasteiger partial charge in [-0.2, -0.15) is 0 Å². The zero-order valence-electron chi connectivity index (χ0n) is 21.7. The number of nitrogens with one attached hydrogen (secondary N) is 1. The first-order valence-corrected chi connectivity index (χ1v) is 13.2. The predicted molar refractivity (Wildman–Crippen MR) is 145 cm³/mol. The molecule has 3 aliphatic carbocycles. The smallest absolute Gasteiger partial charge is 0.252 e. The maximum atomic E-state index is 13.7. The first-order valence-electron chi connectivity index (χ1n) is 13.2. The fourth-order valence-electron chi connectivity index (χ4n) is 7.67. The summed E-state index contributed by atoms with van der Waals surface area (Å²) in [5.41, 5.74) is 6.18. The van der Waals surface area contributed by atoms with Gasteiger partial charge in [0.2, 0.25) is 5.91 Å². The average molecular weight is 509 g/mol. The number of rotatable bonds is 5. The van der Waals surface area contributed by atoms with Crippen LogP contribution in [0.3, 0.4) is 0 Å². The Bertz CT molecular complexity index is 1430. The van der Waals surface area contributed by atoms with Crippen molar-refractivity contribution in [3.63, 3.8) is 0 Å². The highest BCUT2D eigenvalue weighted by molar-refractivity contribution is 5.94. The van der Waals surface area contributed by atoms with Crippen molar-refractivity contribution in [3.05, 3.63) is 107 Å². The second-order valence-corrected chi connectivity index (χ2v) is 10.8. The minimum atomic E-state index is -0.930. The number of para-hydroxylation sites is 1. The van der Waals surface area contributed by atoms with E-state index in [2.05, 4.69) is 49.4 Å². The highest BCUT2D eigenvalue weighted by Gasteiger charge is 2.70. The third kappa shape index (κ3) is 3.36. The van der Waals surface area contributed by atoms with Crippen LogP contribution in [0.2, 0.25) is 0 Å². The molecule has 6 heteroatoms. The number of benzene rings is 3. The van der Waals surface area contributed by atoms with Crippen molar-refractivity contribution in [3.8, 4) is 5.75 Å². The van der Waals surface area contributed by atoms with Crippen molar-refractivity contribution in [2.45, 2.75) is 31.1 Å². The minimum Gasteiger partial charge on any atom is -0.496 e. The van der Waals surface area contributed by atoms with E-state index in [1.54, 1.807) is 24.2 Å². The average Bonchev–Trinajstić information content (AvgIpc) is 3.40. The van der Waals surface area contributed by atoms with E-state index in [1.165, 1.54) is 11.1 Å². The van der Waals surface area contributed by atoms with E-state index in [-0.39, 0.29) is 24.3 Å². The predicted octanol–water partition coefficient (Wildman–Crippen LogP) is 4.84. The van der Waals surface area contributed by atoms with Crippen LogP contribution in [-0.4, -0.2) is 42.1 Å². The van der Waals surface area contributed by atoms with Gasteiger partial charge in [-0.05, 0) is 48.6 Å². The largest absolute Gasteiger partial charge is 0.496 e. The van der Waals surface area contributed by atoms with Crippen LogP contribution in [0.4, 0.5) is 0 Å². The van der Waals surface area contributed by atoms with Gasteiger partial charge in [-0.3, -0.25) is 14.8 Å². The summed E-state index contributed by atoms with van der Waals surface area (Å²) < 4.78 is 5.43. The molecule has 3 aromatic rings. The lowest BCUT2D eigenvalue weighted by molar-refractivity contribution is -0.148. The van der Waals surface area contributed by atoms with Gasteiger partial charge in [0.15, 0.2) is 0 Å². The topological polar surface area (TPSA) is 78.9 Å². The van der Waals surface area contributed by atoms with E-state index >= 15 is 0 Å². The number of ether oxygens (including phenoxy) is 1. The molecule has 6 nitrogen and oxygen atoms in total. The van der Waals surface area contributed by atoms with Crippen LogP contribution in [0.15, 0.2) is 78.9 Å². The number of methoxy groups -OCH3 is 1. The van der Waals surface area contributed by atoms with Crippen LogP contribution in [0.1, 0.15) is 46.6 Å². The molecule has 2 bridgehead atoms. The Morgan fingerprint density at radius 2 is 1.79 bits per heavy atom. The number of hydrogen-bond acceptors (Lipinski definition) is 4. The SMILES string of the molecule is COc1ccccc1/C=C/C(=O)N1C[C@H]2[C@]3(c4ccc(C)cc4)CC[C@@H](c4ccccc43)[C@@]2(C(=O)NO)C1. The van der Waals surface area contributed by atoms with E-state index in [9.17, 15) is 14.8 Å². The molecule has 1 saturated heterocycles. The van der Waals surface area contributed by atoms with Gasteiger partial charge in [0.25, 0.3) is 5.91 Å². The van der Waals surface area contributed by atoms with Gasteiger partial charge in [0, 0.05) is 42.0 Å². The fraction of sp³-hybridized carbons (Fsp3) is 0.312. The summed E-state index contributed by atoms with van der Waals surface area (Å²) in [4.78, 5) is 29.1. The van der Waals surface area contributed by atoms with Crippen molar-refractivity contribution in [2.24, 2.45) is 11.3 Å². The first-order chi connectivity index (χ1) is 18.5. The van der Waals surface area contributed by atoms with Crippen LogP contribution in [0.5, 0.6) is 5.75 Å². The van der Waals surface area contributed by atoms with E-state index in [1.807, 2.05) is 35.8 Å². The second kappa shape index (κ2) is 9.14. The first kappa shape index (κ1) is 24.4. The number of carbonyl (C=O) groups excluding carboxylic acids is 2. The lowest BCUT2D eigenvalue weighted by Gasteiger charge is -2.59. The third-order valence-electron chi connectivity index (χ3n) is 9.29. The molecule has 4 atom stereocenters. The molecule has 4 aliphatic rings. The standard InChI is InChI=1S/C32H32N2O4/c1-21-11-14-23(15-12-21)31-18-17-26(24-8-4-5-9-25(24)31)32(30(36)33-37)20-34(19-28(31)32)29(35)16-13-22-7-3-6-10-27(22)38-2/h3-16,26,28,37H,17-20H2,1-2H3,(H,33,36)/b16-13+/t26-,28-,31-,32-/m0/s1. The normalized spacial score (nSPS) is 27.2. The molecule has 1 heterocycles. The molecule has 2 amide bonds. The van der Waals surface area contributed by atoms with Crippen LogP contribution >= 0.6 is 0 Å². The summed E-state index contributed by atoms with van der Waals surface area (Å²) in [6, 6.07) is 24.5. The Hall–Kier alpha value is -3.90. The van der Waals surface area contributed by atoms with Gasteiger partial charge in [0.05, 0.1) is 12.5 Å². The van der Waals surface area contributed by atoms with Crippen molar-refractivity contribution in [2.75, 3.05) is 20.2 Å². The summed E-state index contributed by atoms with van der Waals surface area (Å²) in [6.07, 6.45) is 5.03. The lowest BCUT2D eigenvalue weighted by atomic mass is 9.42. The Balaban J connectivity index is 1.46. The zero-order chi connectivity index (χ0) is 26.5. The number of amides is 2. The van der Waals surface area contributed by atoms with Gasteiger partial charge < -0.3 is 9.64 Å². The summed E-state index contributed by atoms with van der Waals surface area (Å²) in [7, 11) is 1.61. The maximum absolute atomic E-state index is 13.7. The van der Waals surface area contributed by atoms with Crippen molar-refractivity contribution in [1.29, 1.82) is 0 Å². The van der Waals surface area contributed by atoms with Gasteiger partial charge >= 0.3 is 0 Å². The summed E-state index contributed by atoms with van der Waals surface area (Å²) in [6.45, 7) is 2.76. The molecule has 0 aromatic heterocycles. The second-order valence-electron chi connectivity index (χ2n) is 10.8. The molecular weight excluding hydrogens is 476 g/mol. The summed E-state index contributed by atoms with van der Waals surface area (Å²) in [5.74, 6) is -0.129. The highest BCUT2D eigenvalue weighted by atomic mass is 16.5. The van der Waals surface area contributed by atoms with Crippen LogP contribution in [0, 0.1) is 18.3 Å². The maximum Gasteiger partial charge on any atom is 0.252 e. The number of likely N-dealkylation sites (tertiary alicyclic amines) is 1. The molecule has 3 aromatic carbocycles. The van der Waals surface area contributed by atoms with E-state index in [0.717, 1.165) is 29.5 Å². The molecule has 0 unspecified atom stereocenters. The summed E-state index contributed by atoms with van der Waals surface area (Å²) in [5, 5.41) is 10.00. The molecule has 0 spiro atoms. The fourth-order valence-corrected chi connectivity index (χ4v) is 7.67. The number of hydrogen-bond donors (Lipinski definition) is 2. The van der Waals surface area contributed by atoms with E-state index in [0.29, 0.717) is 12.3 Å². The molecule has 194 valence electrons. The van der Waals surface area contributed by atoms with E-state index in [4.69, 9.17) is 4.74 Å². The number of fused-ring (bicyclic) bond motifs is 1. The Morgan fingerprint density at radius 3 is 2.55 bits per heavy atom. The monoisotopic (exact) mass is 508 g/mol. The van der Waals surface area contributed by atoms with Gasteiger partial charge in [-0.15, -0.1) is 0 Å². The number of carbonyl (C=O) groups is 2. The van der Waals surface area contributed by atoms with Crippen LogP contribution in [0.25, 0.3) is 6.08 Å². The molecule has 2 fully saturated rings. The Labute approximate surface area is 222 Å². The molecule has 38 heavy (non-hydrogen) atoms. The Kier molecular flexibility index (Phi) is 5.88. The van der Waals surface area contributed by atoms with Crippen molar-refractivity contribution >= 4 is 17.9 Å². The Morgan fingerprint density at radius 1 is 1.05 bits per heavy atom. The molecule has 7 rings (SSSR count). The molecule has 2 N–H and O–H groups in total. The van der Waals surface area contributed by atoms with Crippen molar-refractivity contribution in [1.82, 2.24) is 10.4 Å². The lowest BCUT2D eigenvalue weighted by Crippen LogP contribution is -2.62. The third-order valence-corrected chi connectivity index (χ3v) is 9.29. The minimum absolute atomic E-state index is 0.0841. The number of aryl methyl sites for hydroxylation is 1. The molecule has 1 aliphatic heterocycles. The van der Waals surface area contributed by atoms with Gasteiger partial charge in [0.1, 0.15) is 5.75 Å². The number of hydroxylamine groups is 1. The van der Waals surface area contributed by atoms with Crippen molar-refractivity contribution < 1.29 is 19.5 Å². The number of nitrogens with zero attached hydrogens (tertiary/aromatic N) is 1. The van der Waals surface area contributed by atoms with Gasteiger partial charge in [-0.1, -0.05) is 72.3 Å². The van der Waals surface area contributed by atoms with Gasteiger partial charge in [-0.25, -0.2) is 5.48 Å². The molecule has 0 radical (unpaired) electrons.